The van der Waals surface area contributed by atoms with Crippen LogP contribution in [0.3, 0.4) is 0 Å². The lowest BCUT2D eigenvalue weighted by Gasteiger charge is -2.38. The second-order valence-electron chi connectivity index (χ2n) is 8.10. The molecule has 4 rings (SSSR count). The van der Waals surface area contributed by atoms with Gasteiger partial charge in [0.1, 0.15) is 30.7 Å². The van der Waals surface area contributed by atoms with Gasteiger partial charge in [-0.25, -0.2) is 18.0 Å². The fraction of sp³-hybridized carbons (Fsp3) is 0.304. The number of esters is 1. The van der Waals surface area contributed by atoms with Crippen LogP contribution in [0.5, 0.6) is 5.75 Å². The van der Waals surface area contributed by atoms with Gasteiger partial charge in [-0.1, -0.05) is 24.3 Å². The molecule has 0 aromatic heterocycles. The molecule has 2 aromatic carbocycles. The lowest BCUT2D eigenvalue weighted by Crippen LogP contribution is -2.61. The number of aliphatic hydroxyl groups is 3. The fourth-order valence-corrected chi connectivity index (χ4v) is 4.44. The number of aliphatic hydroxyl groups excluding tert-OH is 3. The van der Waals surface area contributed by atoms with Crippen molar-refractivity contribution in [3.8, 4) is 5.75 Å². The van der Waals surface area contributed by atoms with Crippen molar-refractivity contribution in [2.45, 2.75) is 35.6 Å². The number of carboxylic acid groups (broad SMARTS) is 1. The maximum Gasteiger partial charge on any atom is 0.339 e. The van der Waals surface area contributed by atoms with Crippen LogP contribution in [0.15, 0.2) is 53.4 Å². The molecule has 0 bridgehead atoms. The van der Waals surface area contributed by atoms with Crippen molar-refractivity contribution in [1.29, 1.82) is 0 Å². The average Bonchev–Trinajstić information content (AvgIpc) is 3.20. The standard InChI is InChI=1S/C23H22O11S/c1-35(30,31)14-8-4-11(5-9-14)15-10-32-22(29)16(15)12-2-6-13(7-3-12)33-23-19(26)17(24)18(25)20(34-23)21(27)28/h2-9,17-20,23-26H,10H2,1H3,(H,27,28)/t17-,18-,19+,20-,23+/m0/s1. The molecule has 1 fully saturated rings. The van der Waals surface area contributed by atoms with Crippen molar-refractivity contribution in [3.63, 3.8) is 0 Å². The van der Waals surface area contributed by atoms with Crippen molar-refractivity contribution in [2.24, 2.45) is 0 Å². The molecule has 35 heavy (non-hydrogen) atoms. The van der Waals surface area contributed by atoms with Gasteiger partial charge < -0.3 is 34.6 Å². The largest absolute Gasteiger partial charge is 0.479 e. The van der Waals surface area contributed by atoms with Gasteiger partial charge in [0, 0.05) is 11.8 Å². The Morgan fingerprint density at radius 3 is 2.11 bits per heavy atom. The van der Waals surface area contributed by atoms with Gasteiger partial charge in [0.05, 0.1) is 10.5 Å². The van der Waals surface area contributed by atoms with Gasteiger partial charge in [0.25, 0.3) is 0 Å². The van der Waals surface area contributed by atoms with Gasteiger partial charge in [-0.15, -0.1) is 0 Å². The number of benzene rings is 2. The number of cyclic esters (lactones) is 1. The SMILES string of the molecule is CS(=O)(=O)c1ccc(C2=C(c3ccc(O[C@@H]4O[C@H](C(=O)O)[C@@H](O)[C@H](O)[C@H]4O)cc3)C(=O)OC2)cc1. The van der Waals surface area contributed by atoms with Crippen LogP contribution in [0.4, 0.5) is 0 Å². The van der Waals surface area contributed by atoms with E-state index in [4.69, 9.17) is 19.3 Å². The number of carbonyl (C=O) groups is 2. The minimum atomic E-state index is -3.37. The minimum Gasteiger partial charge on any atom is -0.479 e. The smallest absolute Gasteiger partial charge is 0.339 e. The van der Waals surface area contributed by atoms with E-state index in [-0.39, 0.29) is 22.8 Å². The second-order valence-corrected chi connectivity index (χ2v) is 10.1. The highest BCUT2D eigenvalue weighted by Crippen LogP contribution is 2.34. The van der Waals surface area contributed by atoms with Crippen LogP contribution in [0.2, 0.25) is 0 Å². The first kappa shape index (κ1) is 24.8. The summed E-state index contributed by atoms with van der Waals surface area (Å²) in [6.07, 6.45) is -7.62. The third-order valence-electron chi connectivity index (χ3n) is 5.69. The maximum absolute atomic E-state index is 12.4. The van der Waals surface area contributed by atoms with E-state index in [9.17, 15) is 33.3 Å². The number of carbonyl (C=O) groups excluding carboxylic acids is 1. The molecular formula is C23H22O11S. The highest BCUT2D eigenvalue weighted by Gasteiger charge is 2.48. The van der Waals surface area contributed by atoms with Crippen LogP contribution in [0, 0.1) is 0 Å². The number of aliphatic carboxylic acids is 1. The van der Waals surface area contributed by atoms with Gasteiger partial charge >= 0.3 is 11.9 Å². The van der Waals surface area contributed by atoms with Crippen LogP contribution in [-0.4, -0.2) is 84.4 Å². The molecule has 0 saturated carbocycles. The molecule has 0 unspecified atom stereocenters. The Morgan fingerprint density at radius 2 is 1.54 bits per heavy atom. The monoisotopic (exact) mass is 506 g/mol. The number of hydrogen-bond donors (Lipinski definition) is 4. The predicted octanol–water partition coefficient (Wildman–Crippen LogP) is -0.171. The third kappa shape index (κ3) is 4.92. The summed E-state index contributed by atoms with van der Waals surface area (Å²) in [6, 6.07) is 12.0. The summed E-state index contributed by atoms with van der Waals surface area (Å²) in [7, 11) is -3.37. The second kappa shape index (κ2) is 9.40. The third-order valence-corrected chi connectivity index (χ3v) is 6.82. The van der Waals surface area contributed by atoms with Crippen LogP contribution in [0.25, 0.3) is 11.1 Å². The number of carboxylic acids is 1. The molecule has 0 aliphatic carbocycles. The summed E-state index contributed by atoms with van der Waals surface area (Å²) in [5.41, 5.74) is 1.94. The Labute approximate surface area is 199 Å². The van der Waals surface area contributed by atoms with E-state index in [0.717, 1.165) is 6.26 Å². The van der Waals surface area contributed by atoms with Gasteiger partial charge in [-0.2, -0.15) is 0 Å². The fourth-order valence-electron chi connectivity index (χ4n) is 3.81. The van der Waals surface area contributed by atoms with E-state index in [1.807, 2.05) is 0 Å². The molecular weight excluding hydrogens is 484 g/mol. The maximum atomic E-state index is 12.4. The van der Waals surface area contributed by atoms with Crippen molar-refractivity contribution >= 4 is 32.9 Å². The Hall–Kier alpha value is -3.29. The molecule has 11 nitrogen and oxygen atoms in total. The number of sulfone groups is 1. The molecule has 12 heteroatoms. The van der Waals surface area contributed by atoms with Crippen LogP contribution < -0.4 is 4.74 Å². The lowest BCUT2D eigenvalue weighted by molar-refractivity contribution is -0.271. The Bertz CT molecular complexity index is 1270. The summed E-state index contributed by atoms with van der Waals surface area (Å²) in [4.78, 5) is 23.8. The molecule has 2 heterocycles. The summed E-state index contributed by atoms with van der Waals surface area (Å²) >= 11 is 0. The minimum absolute atomic E-state index is 0.00351. The number of hydrogen-bond acceptors (Lipinski definition) is 10. The van der Waals surface area contributed by atoms with Crippen molar-refractivity contribution in [3.05, 3.63) is 59.7 Å². The van der Waals surface area contributed by atoms with Crippen LogP contribution in [-0.2, 0) is 28.9 Å². The Morgan fingerprint density at radius 1 is 0.943 bits per heavy atom. The zero-order valence-electron chi connectivity index (χ0n) is 18.3. The quantitative estimate of drug-likeness (QED) is 0.383. The summed E-state index contributed by atoms with van der Waals surface area (Å²) in [6.45, 7) is 0.00351. The van der Waals surface area contributed by atoms with Gasteiger partial charge in [0.2, 0.25) is 6.29 Å². The molecule has 1 saturated heterocycles. The van der Waals surface area contributed by atoms with Crippen LogP contribution >= 0.6 is 0 Å². The van der Waals surface area contributed by atoms with Gasteiger partial charge in [-0.05, 0) is 35.4 Å². The summed E-state index contributed by atoms with van der Waals surface area (Å²) < 4.78 is 39.2. The molecule has 2 aliphatic heterocycles. The molecule has 4 N–H and O–H groups in total. The Kier molecular flexibility index (Phi) is 6.66. The summed E-state index contributed by atoms with van der Waals surface area (Å²) in [5.74, 6) is -1.96. The molecule has 0 amide bonds. The van der Waals surface area contributed by atoms with Crippen molar-refractivity contribution < 1.29 is 52.6 Å². The zero-order valence-corrected chi connectivity index (χ0v) is 19.1. The normalized spacial score (nSPS) is 27.0. The first-order valence-corrected chi connectivity index (χ1v) is 12.3. The lowest BCUT2D eigenvalue weighted by atomic mass is 9.96. The summed E-state index contributed by atoms with van der Waals surface area (Å²) in [5, 5.41) is 38.9. The molecule has 186 valence electrons. The van der Waals surface area contributed by atoms with E-state index < -0.39 is 52.5 Å². The molecule has 0 radical (unpaired) electrons. The average molecular weight is 506 g/mol. The molecule has 5 atom stereocenters. The Balaban J connectivity index is 1.57. The molecule has 0 spiro atoms. The van der Waals surface area contributed by atoms with Gasteiger partial charge in [0.15, 0.2) is 15.9 Å². The van der Waals surface area contributed by atoms with Crippen molar-refractivity contribution in [2.75, 3.05) is 12.9 Å². The molecule has 2 aliphatic rings. The van der Waals surface area contributed by atoms with E-state index in [0.29, 0.717) is 16.7 Å². The van der Waals surface area contributed by atoms with E-state index >= 15 is 0 Å². The molecule has 2 aromatic rings. The van der Waals surface area contributed by atoms with Crippen molar-refractivity contribution in [1.82, 2.24) is 0 Å². The topological polar surface area (TPSA) is 177 Å². The highest BCUT2D eigenvalue weighted by atomic mass is 32.2. The zero-order chi connectivity index (χ0) is 25.5. The van der Waals surface area contributed by atoms with E-state index in [2.05, 4.69) is 0 Å². The highest BCUT2D eigenvalue weighted by molar-refractivity contribution is 7.90. The van der Waals surface area contributed by atoms with Gasteiger partial charge in [-0.3, -0.25) is 0 Å². The van der Waals surface area contributed by atoms with Crippen LogP contribution in [0.1, 0.15) is 11.1 Å². The predicted molar refractivity (Wildman–Crippen MR) is 119 cm³/mol. The number of ether oxygens (including phenoxy) is 3. The van der Waals surface area contributed by atoms with E-state index in [1.54, 1.807) is 12.1 Å². The number of rotatable bonds is 6. The first-order chi connectivity index (χ1) is 16.5. The first-order valence-electron chi connectivity index (χ1n) is 10.4. The van der Waals surface area contributed by atoms with E-state index in [1.165, 1.54) is 36.4 Å².